The lowest BCUT2D eigenvalue weighted by Crippen LogP contribution is -1.86. The van der Waals surface area contributed by atoms with Crippen molar-refractivity contribution in [1.82, 2.24) is 0 Å². The van der Waals surface area contributed by atoms with Gasteiger partial charge in [0.1, 0.15) is 5.75 Å². The molecule has 1 N–H and O–H groups in total. The van der Waals surface area contributed by atoms with Gasteiger partial charge in [-0.15, -0.1) is 0 Å². The number of para-hydroxylation sites is 1. The summed E-state index contributed by atoms with van der Waals surface area (Å²) in [6.45, 7) is 8.75. The highest BCUT2D eigenvalue weighted by Crippen LogP contribution is 2.18. The maximum absolute atomic E-state index is 9.55. The van der Waals surface area contributed by atoms with Crippen molar-refractivity contribution < 1.29 is 9.84 Å². The van der Waals surface area contributed by atoms with Gasteiger partial charge in [0.05, 0.1) is 12.5 Å². The van der Waals surface area contributed by atoms with Gasteiger partial charge >= 0.3 is 0 Å². The SMILES string of the molecule is C=COC=C.CCCCCCCCc1ccccc1O. The topological polar surface area (TPSA) is 29.5 Å². The average molecular weight is 276 g/mol. The van der Waals surface area contributed by atoms with Crippen LogP contribution in [0.25, 0.3) is 0 Å². The molecule has 0 saturated heterocycles. The summed E-state index contributed by atoms with van der Waals surface area (Å²) in [5, 5.41) is 9.55. The van der Waals surface area contributed by atoms with Crippen LogP contribution < -0.4 is 0 Å². The minimum absolute atomic E-state index is 0.450. The van der Waals surface area contributed by atoms with Crippen molar-refractivity contribution in [2.75, 3.05) is 0 Å². The second-order valence-electron chi connectivity index (χ2n) is 4.62. The summed E-state index contributed by atoms with van der Waals surface area (Å²) in [4.78, 5) is 0. The lowest BCUT2D eigenvalue weighted by Gasteiger charge is -2.03. The molecule has 0 spiro atoms. The van der Waals surface area contributed by atoms with Gasteiger partial charge in [0.25, 0.3) is 0 Å². The third-order valence-corrected chi connectivity index (χ3v) is 2.98. The number of benzene rings is 1. The van der Waals surface area contributed by atoms with E-state index in [1.807, 2.05) is 18.2 Å². The zero-order valence-electron chi connectivity index (χ0n) is 12.7. The Hall–Kier alpha value is -1.70. The lowest BCUT2D eigenvalue weighted by molar-refractivity contribution is 0.406. The van der Waals surface area contributed by atoms with Gasteiger partial charge in [0.2, 0.25) is 0 Å². The molecule has 0 bridgehead atoms. The molecule has 112 valence electrons. The van der Waals surface area contributed by atoms with Crippen molar-refractivity contribution in [3.8, 4) is 5.75 Å². The van der Waals surface area contributed by atoms with Gasteiger partial charge in [-0.3, -0.25) is 0 Å². The zero-order valence-corrected chi connectivity index (χ0v) is 12.7. The third kappa shape index (κ3) is 10.2. The Morgan fingerprint density at radius 2 is 1.60 bits per heavy atom. The maximum Gasteiger partial charge on any atom is 0.118 e. The fourth-order valence-electron chi connectivity index (χ4n) is 1.89. The van der Waals surface area contributed by atoms with E-state index in [4.69, 9.17) is 0 Å². The molecular formula is C18H28O2. The molecular weight excluding hydrogens is 248 g/mol. The maximum atomic E-state index is 9.55. The predicted molar refractivity (Wildman–Crippen MR) is 86.7 cm³/mol. The van der Waals surface area contributed by atoms with Crippen LogP contribution in [0.15, 0.2) is 49.9 Å². The minimum atomic E-state index is 0.450. The van der Waals surface area contributed by atoms with Crippen LogP contribution in [0.4, 0.5) is 0 Å². The van der Waals surface area contributed by atoms with Gasteiger partial charge in [-0.05, 0) is 24.5 Å². The molecule has 2 nitrogen and oxygen atoms in total. The van der Waals surface area contributed by atoms with E-state index in [9.17, 15) is 5.11 Å². The van der Waals surface area contributed by atoms with Crippen LogP contribution in [0.5, 0.6) is 5.75 Å². The van der Waals surface area contributed by atoms with Crippen LogP contribution in [0.3, 0.4) is 0 Å². The standard InChI is InChI=1S/C14H22O.C4H6O/c1-2-3-4-5-6-7-10-13-11-8-9-12-14(13)15;1-3-5-4-2/h8-9,11-12,15H,2-7,10H2,1H3;3-4H,1-2H2. The molecule has 0 aromatic heterocycles. The molecule has 0 aliphatic carbocycles. The molecule has 0 saturated carbocycles. The van der Waals surface area contributed by atoms with Gasteiger partial charge < -0.3 is 9.84 Å². The zero-order chi connectivity index (χ0) is 15.1. The summed E-state index contributed by atoms with van der Waals surface area (Å²) < 4.78 is 4.36. The Morgan fingerprint density at radius 1 is 1.00 bits per heavy atom. The smallest absolute Gasteiger partial charge is 0.118 e. The largest absolute Gasteiger partial charge is 0.508 e. The molecule has 0 amide bonds. The first-order valence-corrected chi connectivity index (χ1v) is 7.40. The van der Waals surface area contributed by atoms with Crippen molar-refractivity contribution in [2.24, 2.45) is 0 Å². The Kier molecular flexibility index (Phi) is 12.6. The average Bonchev–Trinajstić information content (AvgIpc) is 2.46. The van der Waals surface area contributed by atoms with Crippen LogP contribution >= 0.6 is 0 Å². The van der Waals surface area contributed by atoms with E-state index in [1.54, 1.807) is 6.07 Å². The Morgan fingerprint density at radius 3 is 2.15 bits per heavy atom. The van der Waals surface area contributed by atoms with Crippen molar-refractivity contribution >= 4 is 0 Å². The van der Waals surface area contributed by atoms with E-state index in [2.05, 4.69) is 24.8 Å². The second kappa shape index (κ2) is 13.7. The molecule has 0 atom stereocenters. The summed E-state index contributed by atoms with van der Waals surface area (Å²) in [5.74, 6) is 0.450. The number of phenolic OH excluding ortho intramolecular Hbond substituents is 1. The van der Waals surface area contributed by atoms with Gasteiger partial charge in [-0.25, -0.2) is 0 Å². The molecule has 0 radical (unpaired) electrons. The predicted octanol–water partition coefficient (Wildman–Crippen LogP) is 5.59. The lowest BCUT2D eigenvalue weighted by atomic mass is 10.0. The third-order valence-electron chi connectivity index (χ3n) is 2.98. The van der Waals surface area contributed by atoms with Gasteiger partial charge in [0.15, 0.2) is 0 Å². The van der Waals surface area contributed by atoms with E-state index < -0.39 is 0 Å². The Bertz CT molecular complexity index is 352. The number of phenols is 1. The van der Waals surface area contributed by atoms with Crippen LogP contribution in [0.1, 0.15) is 51.0 Å². The normalized spacial score (nSPS) is 9.25. The van der Waals surface area contributed by atoms with Crippen molar-refractivity contribution in [1.29, 1.82) is 0 Å². The van der Waals surface area contributed by atoms with Crippen LogP contribution in [-0.4, -0.2) is 5.11 Å². The summed E-state index contributed by atoms with van der Waals surface area (Å²) in [6, 6.07) is 7.65. The van der Waals surface area contributed by atoms with Crippen LogP contribution in [0, 0.1) is 0 Å². The first kappa shape index (κ1) is 18.3. The first-order valence-electron chi connectivity index (χ1n) is 7.40. The number of hydrogen-bond donors (Lipinski definition) is 1. The summed E-state index contributed by atoms with van der Waals surface area (Å²) in [7, 11) is 0. The number of rotatable bonds is 9. The van der Waals surface area contributed by atoms with Gasteiger partial charge in [0, 0.05) is 0 Å². The number of ether oxygens (including phenoxy) is 1. The van der Waals surface area contributed by atoms with Crippen molar-refractivity contribution in [2.45, 2.75) is 51.9 Å². The van der Waals surface area contributed by atoms with Crippen LogP contribution in [-0.2, 0) is 11.2 Å². The fraction of sp³-hybridized carbons (Fsp3) is 0.444. The molecule has 0 aliphatic rings. The highest BCUT2D eigenvalue weighted by Gasteiger charge is 1.98. The number of hydrogen-bond acceptors (Lipinski definition) is 2. The first-order chi connectivity index (χ1) is 9.76. The number of aryl methyl sites for hydroxylation is 1. The molecule has 0 aliphatic heterocycles. The van der Waals surface area contributed by atoms with E-state index in [-0.39, 0.29) is 0 Å². The summed E-state index contributed by atoms with van der Waals surface area (Å²) >= 11 is 0. The van der Waals surface area contributed by atoms with E-state index in [1.165, 1.54) is 51.0 Å². The molecule has 1 rings (SSSR count). The molecule has 0 fully saturated rings. The second-order valence-corrected chi connectivity index (χ2v) is 4.62. The minimum Gasteiger partial charge on any atom is -0.508 e. The Labute approximate surface area is 123 Å². The van der Waals surface area contributed by atoms with E-state index >= 15 is 0 Å². The Balaban J connectivity index is 0.000000621. The molecule has 20 heavy (non-hydrogen) atoms. The summed E-state index contributed by atoms with van der Waals surface area (Å²) in [6.07, 6.45) is 11.5. The molecule has 0 heterocycles. The molecule has 0 unspecified atom stereocenters. The number of aromatic hydroxyl groups is 1. The number of unbranched alkanes of at least 4 members (excludes halogenated alkanes) is 5. The van der Waals surface area contributed by atoms with E-state index in [0.717, 1.165) is 12.0 Å². The van der Waals surface area contributed by atoms with Gasteiger partial charge in [-0.1, -0.05) is 70.4 Å². The highest BCUT2D eigenvalue weighted by molar-refractivity contribution is 5.31. The van der Waals surface area contributed by atoms with E-state index in [0.29, 0.717) is 5.75 Å². The fourth-order valence-corrected chi connectivity index (χ4v) is 1.89. The monoisotopic (exact) mass is 276 g/mol. The molecule has 2 heteroatoms. The summed E-state index contributed by atoms with van der Waals surface area (Å²) in [5.41, 5.74) is 1.09. The van der Waals surface area contributed by atoms with Crippen molar-refractivity contribution in [3.05, 3.63) is 55.5 Å². The molecule has 1 aromatic carbocycles. The van der Waals surface area contributed by atoms with Gasteiger partial charge in [-0.2, -0.15) is 0 Å². The van der Waals surface area contributed by atoms with Crippen molar-refractivity contribution in [3.63, 3.8) is 0 Å². The quantitative estimate of drug-likeness (QED) is 0.471. The van der Waals surface area contributed by atoms with Crippen LogP contribution in [0.2, 0.25) is 0 Å². The highest BCUT2D eigenvalue weighted by atomic mass is 16.5. The molecule has 1 aromatic rings.